The van der Waals surface area contributed by atoms with Gasteiger partial charge in [0.25, 0.3) is 0 Å². The van der Waals surface area contributed by atoms with Crippen molar-refractivity contribution >= 4 is 15.9 Å². The molecule has 2 heterocycles. The van der Waals surface area contributed by atoms with Crippen LogP contribution in [0.5, 0.6) is 0 Å². The summed E-state index contributed by atoms with van der Waals surface area (Å²) in [5.41, 5.74) is 1.23. The first-order valence-electron chi connectivity index (χ1n) is 9.64. The lowest BCUT2D eigenvalue weighted by Crippen LogP contribution is -2.59. The molecule has 1 aliphatic carbocycles. The summed E-state index contributed by atoms with van der Waals surface area (Å²) in [6.45, 7) is 4.62. The molecular formula is C20H28BrFN2. The molecule has 3 fully saturated rings. The van der Waals surface area contributed by atoms with Crippen LogP contribution in [0.4, 0.5) is 4.39 Å². The first-order chi connectivity index (χ1) is 11.7. The van der Waals surface area contributed by atoms with E-state index in [1.165, 1.54) is 63.6 Å². The molecule has 1 aromatic carbocycles. The lowest BCUT2D eigenvalue weighted by atomic mass is 9.78. The molecule has 0 aromatic heterocycles. The van der Waals surface area contributed by atoms with Crippen molar-refractivity contribution in [2.24, 2.45) is 5.92 Å². The Labute approximate surface area is 153 Å². The second-order valence-corrected chi connectivity index (χ2v) is 8.71. The minimum atomic E-state index is -0.164. The molecule has 24 heavy (non-hydrogen) atoms. The van der Waals surface area contributed by atoms with E-state index in [2.05, 4.69) is 25.7 Å². The second kappa shape index (κ2) is 7.43. The van der Waals surface area contributed by atoms with Gasteiger partial charge in [-0.05, 0) is 71.8 Å². The van der Waals surface area contributed by atoms with Crippen LogP contribution in [-0.4, -0.2) is 41.5 Å². The number of rotatable bonds is 3. The van der Waals surface area contributed by atoms with Gasteiger partial charge in [-0.3, -0.25) is 9.80 Å². The highest BCUT2D eigenvalue weighted by Gasteiger charge is 2.42. The number of piperazine rings is 1. The molecule has 132 valence electrons. The van der Waals surface area contributed by atoms with E-state index in [0.29, 0.717) is 10.5 Å². The van der Waals surface area contributed by atoms with Gasteiger partial charge in [0.1, 0.15) is 5.82 Å². The van der Waals surface area contributed by atoms with Crippen molar-refractivity contribution in [2.45, 2.75) is 63.6 Å². The molecule has 0 spiro atoms. The lowest BCUT2D eigenvalue weighted by Gasteiger charge is -2.49. The monoisotopic (exact) mass is 394 g/mol. The molecule has 3 aliphatic rings. The Kier molecular flexibility index (Phi) is 5.26. The van der Waals surface area contributed by atoms with E-state index < -0.39 is 0 Å². The van der Waals surface area contributed by atoms with Crippen LogP contribution in [0, 0.1) is 11.7 Å². The van der Waals surface area contributed by atoms with Gasteiger partial charge < -0.3 is 0 Å². The Morgan fingerprint density at radius 1 is 1.00 bits per heavy atom. The molecule has 4 rings (SSSR count). The molecule has 4 heteroatoms. The largest absolute Gasteiger partial charge is 0.298 e. The predicted molar refractivity (Wildman–Crippen MR) is 99.5 cm³/mol. The number of nitrogens with zero attached hydrogens (tertiary/aromatic N) is 2. The highest BCUT2D eigenvalue weighted by atomic mass is 79.9. The molecule has 0 N–H and O–H groups in total. The maximum atomic E-state index is 13.6. The third-order valence-electron chi connectivity index (χ3n) is 6.41. The quantitative estimate of drug-likeness (QED) is 0.724. The molecule has 2 atom stereocenters. The van der Waals surface area contributed by atoms with Crippen molar-refractivity contribution in [2.75, 3.05) is 19.6 Å². The number of hydrogen-bond acceptors (Lipinski definition) is 2. The van der Waals surface area contributed by atoms with E-state index in [0.717, 1.165) is 25.0 Å². The zero-order valence-electron chi connectivity index (χ0n) is 14.4. The molecule has 0 radical (unpaired) electrons. The van der Waals surface area contributed by atoms with E-state index in [-0.39, 0.29) is 5.82 Å². The summed E-state index contributed by atoms with van der Waals surface area (Å²) < 4.78 is 14.1. The second-order valence-electron chi connectivity index (χ2n) is 7.85. The normalized spacial score (nSPS) is 29.8. The van der Waals surface area contributed by atoms with Crippen molar-refractivity contribution in [3.63, 3.8) is 0 Å². The van der Waals surface area contributed by atoms with Gasteiger partial charge in [0.15, 0.2) is 0 Å². The summed E-state index contributed by atoms with van der Waals surface area (Å²) in [4.78, 5) is 5.47. The smallest absolute Gasteiger partial charge is 0.137 e. The van der Waals surface area contributed by atoms with Crippen molar-refractivity contribution < 1.29 is 4.39 Å². The van der Waals surface area contributed by atoms with Crippen LogP contribution in [0.1, 0.15) is 50.5 Å². The molecule has 2 saturated heterocycles. The minimum absolute atomic E-state index is 0.164. The van der Waals surface area contributed by atoms with Crippen LogP contribution >= 0.6 is 15.9 Å². The maximum Gasteiger partial charge on any atom is 0.137 e. The molecule has 0 amide bonds. The summed E-state index contributed by atoms with van der Waals surface area (Å²) in [6.07, 6.45) is 9.77. The van der Waals surface area contributed by atoms with Crippen molar-refractivity contribution in [1.29, 1.82) is 0 Å². The molecule has 1 aromatic rings. The average molecular weight is 395 g/mol. The Morgan fingerprint density at radius 3 is 2.62 bits per heavy atom. The molecular weight excluding hydrogens is 367 g/mol. The summed E-state index contributed by atoms with van der Waals surface area (Å²) >= 11 is 3.35. The van der Waals surface area contributed by atoms with Crippen LogP contribution in [0.25, 0.3) is 0 Å². The Balaban J connectivity index is 1.55. The number of hydrogen-bond donors (Lipinski definition) is 0. The highest BCUT2D eigenvalue weighted by Crippen LogP contribution is 2.38. The van der Waals surface area contributed by atoms with E-state index in [9.17, 15) is 4.39 Å². The van der Waals surface area contributed by atoms with E-state index in [1.54, 1.807) is 6.07 Å². The van der Waals surface area contributed by atoms with Crippen molar-refractivity contribution in [3.05, 3.63) is 34.1 Å². The molecule has 0 bridgehead atoms. The Hall–Kier alpha value is -0.450. The molecule has 2 nitrogen and oxygen atoms in total. The van der Waals surface area contributed by atoms with Gasteiger partial charge in [0.2, 0.25) is 0 Å². The summed E-state index contributed by atoms with van der Waals surface area (Å²) in [6, 6.07) is 6.98. The molecule has 1 saturated carbocycles. The lowest BCUT2D eigenvalue weighted by molar-refractivity contribution is -0.00381. The third kappa shape index (κ3) is 3.42. The molecule has 2 aliphatic heterocycles. The fourth-order valence-electron chi connectivity index (χ4n) is 5.31. The third-order valence-corrected chi connectivity index (χ3v) is 7.01. The Bertz CT molecular complexity index is 573. The molecule has 0 unspecified atom stereocenters. The predicted octanol–water partition coefficient (Wildman–Crippen LogP) is 4.82. The summed E-state index contributed by atoms with van der Waals surface area (Å²) in [5.74, 6) is 0.691. The topological polar surface area (TPSA) is 6.48 Å². The standard InChI is InChI=1S/C20H28BrFN2/c21-17-13-15(8-9-18(17)22)14-24-12-11-23-10-4-7-19(23)20(24)16-5-2-1-3-6-16/h8-9,13,16,19-20H,1-7,10-12,14H2/t19-,20+/m0/s1. The van der Waals surface area contributed by atoms with Crippen LogP contribution < -0.4 is 0 Å². The highest BCUT2D eigenvalue weighted by molar-refractivity contribution is 9.10. The zero-order chi connectivity index (χ0) is 16.5. The fourth-order valence-corrected chi connectivity index (χ4v) is 5.74. The number of fused-ring (bicyclic) bond motifs is 1. The van der Waals surface area contributed by atoms with E-state index >= 15 is 0 Å². The van der Waals surface area contributed by atoms with Crippen LogP contribution in [0.2, 0.25) is 0 Å². The van der Waals surface area contributed by atoms with Crippen LogP contribution in [0.3, 0.4) is 0 Å². The van der Waals surface area contributed by atoms with Gasteiger partial charge >= 0.3 is 0 Å². The Morgan fingerprint density at radius 2 is 1.83 bits per heavy atom. The van der Waals surface area contributed by atoms with E-state index in [1.807, 2.05) is 12.1 Å². The van der Waals surface area contributed by atoms with Crippen LogP contribution in [0.15, 0.2) is 22.7 Å². The van der Waals surface area contributed by atoms with E-state index in [4.69, 9.17) is 0 Å². The van der Waals surface area contributed by atoms with Gasteiger partial charge in [-0.15, -0.1) is 0 Å². The van der Waals surface area contributed by atoms with Gasteiger partial charge in [0.05, 0.1) is 4.47 Å². The zero-order valence-corrected chi connectivity index (χ0v) is 16.0. The minimum Gasteiger partial charge on any atom is -0.298 e. The number of halogens is 2. The van der Waals surface area contributed by atoms with Crippen LogP contribution in [-0.2, 0) is 6.54 Å². The first kappa shape index (κ1) is 17.0. The van der Waals surface area contributed by atoms with Crippen molar-refractivity contribution in [1.82, 2.24) is 9.80 Å². The average Bonchev–Trinajstić information content (AvgIpc) is 3.07. The van der Waals surface area contributed by atoms with Gasteiger partial charge in [-0.25, -0.2) is 4.39 Å². The summed E-state index contributed by atoms with van der Waals surface area (Å²) in [7, 11) is 0. The number of benzene rings is 1. The SMILES string of the molecule is Fc1ccc(CN2CCN3CCC[C@H]3[C@H]2C2CCCCC2)cc1Br. The fraction of sp³-hybridized carbons (Fsp3) is 0.700. The maximum absolute atomic E-state index is 13.6. The van der Waals surface area contributed by atoms with Crippen molar-refractivity contribution in [3.8, 4) is 0 Å². The summed E-state index contributed by atoms with van der Waals surface area (Å²) in [5, 5.41) is 0. The van der Waals surface area contributed by atoms with Gasteiger partial charge in [0, 0.05) is 31.7 Å². The first-order valence-corrected chi connectivity index (χ1v) is 10.4. The van der Waals surface area contributed by atoms with Gasteiger partial charge in [-0.1, -0.05) is 25.3 Å². The van der Waals surface area contributed by atoms with Gasteiger partial charge in [-0.2, -0.15) is 0 Å².